The summed E-state index contributed by atoms with van der Waals surface area (Å²) >= 11 is 13.2. The number of nitrogens with zero attached hydrogens (tertiary/aromatic N) is 1. The fourth-order valence-electron chi connectivity index (χ4n) is 2.72. The summed E-state index contributed by atoms with van der Waals surface area (Å²) in [5, 5.41) is 21.7. The number of halogens is 2. The van der Waals surface area contributed by atoms with E-state index in [1.807, 2.05) is 6.92 Å². The molecular formula is C22H19Cl2NO5S. The van der Waals surface area contributed by atoms with E-state index in [9.17, 15) is 15.0 Å². The van der Waals surface area contributed by atoms with Crippen molar-refractivity contribution in [1.29, 1.82) is 0 Å². The Morgan fingerprint density at radius 2 is 1.90 bits per heavy atom. The number of phenolic OH excluding ortho intramolecular Hbond substituents is 1. The van der Waals surface area contributed by atoms with Gasteiger partial charge in [0.05, 0.1) is 28.8 Å². The molecule has 0 unspecified atom stereocenters. The third kappa shape index (κ3) is 5.36. The van der Waals surface area contributed by atoms with Crippen molar-refractivity contribution in [3.05, 3.63) is 68.2 Å². The van der Waals surface area contributed by atoms with E-state index in [2.05, 4.69) is 4.99 Å². The van der Waals surface area contributed by atoms with Crippen LogP contribution in [0.3, 0.4) is 0 Å². The number of rotatable bonds is 6. The van der Waals surface area contributed by atoms with Gasteiger partial charge >= 0.3 is 5.97 Å². The fourth-order valence-corrected chi connectivity index (χ4v) is 4.19. The molecule has 2 aromatic carbocycles. The predicted octanol–water partition coefficient (Wildman–Crippen LogP) is 6.29. The minimum Gasteiger partial charge on any atom is -0.506 e. The first-order valence-corrected chi connectivity index (χ1v) is 10.9. The zero-order chi connectivity index (χ0) is 22.5. The number of hydrogen-bond acceptors (Lipinski definition) is 7. The minimum atomic E-state index is -0.694. The Morgan fingerprint density at radius 1 is 1.13 bits per heavy atom. The molecule has 2 aromatic rings. The van der Waals surface area contributed by atoms with Crippen LogP contribution in [0.2, 0.25) is 10.0 Å². The number of hydrogen-bond donors (Lipinski definition) is 2. The molecule has 0 aliphatic carbocycles. The van der Waals surface area contributed by atoms with Crippen molar-refractivity contribution in [2.24, 2.45) is 4.99 Å². The maximum Gasteiger partial charge on any atom is 0.344 e. The van der Waals surface area contributed by atoms with Gasteiger partial charge in [-0.25, -0.2) is 9.79 Å². The molecule has 6 nitrogen and oxygen atoms in total. The van der Waals surface area contributed by atoms with Gasteiger partial charge in [-0.15, -0.1) is 0 Å². The second-order valence-electron chi connectivity index (χ2n) is 6.23. The molecule has 2 N–H and O–H groups in total. The molecular weight excluding hydrogens is 461 g/mol. The van der Waals surface area contributed by atoms with Gasteiger partial charge in [-0.2, -0.15) is 0 Å². The molecule has 0 amide bonds. The number of aliphatic hydroxyl groups is 1. The number of phenols is 1. The molecule has 0 spiro atoms. The van der Waals surface area contributed by atoms with Crippen LogP contribution in [-0.4, -0.2) is 34.4 Å². The highest BCUT2D eigenvalue weighted by atomic mass is 35.5. The number of benzene rings is 2. The first-order chi connectivity index (χ1) is 14.8. The van der Waals surface area contributed by atoms with Gasteiger partial charge in [0.2, 0.25) is 0 Å². The fraction of sp³-hybridized carbons (Fsp3) is 0.182. The number of aliphatic hydroxyl groups excluding tert-OH is 1. The van der Waals surface area contributed by atoms with Gasteiger partial charge in [-0.1, -0.05) is 41.0 Å². The summed E-state index contributed by atoms with van der Waals surface area (Å²) in [4.78, 5) is 17.3. The quantitative estimate of drug-likeness (QED) is 0.473. The van der Waals surface area contributed by atoms with Crippen LogP contribution in [0, 0.1) is 0 Å². The van der Waals surface area contributed by atoms with Gasteiger partial charge in [0.25, 0.3) is 0 Å². The maximum absolute atomic E-state index is 12.5. The largest absolute Gasteiger partial charge is 0.506 e. The first kappa shape index (κ1) is 23.1. The summed E-state index contributed by atoms with van der Waals surface area (Å²) in [6, 6.07) is 9.57. The molecule has 9 heteroatoms. The number of carbonyl (C=O) groups excluding carboxylic acids is 1. The SMILES string of the molecule is CCOC(=O)C1=C(O)/C(=C/c2ccc(O)c(OCC)c2)SC1=Nc1ccc(Cl)cc1Cl. The van der Waals surface area contributed by atoms with Gasteiger partial charge in [-0.05, 0) is 55.8 Å². The Labute approximate surface area is 193 Å². The van der Waals surface area contributed by atoms with Crippen LogP contribution in [-0.2, 0) is 9.53 Å². The zero-order valence-electron chi connectivity index (χ0n) is 16.7. The van der Waals surface area contributed by atoms with E-state index in [4.69, 9.17) is 32.7 Å². The van der Waals surface area contributed by atoms with E-state index in [0.717, 1.165) is 11.8 Å². The van der Waals surface area contributed by atoms with Gasteiger partial charge in [0.15, 0.2) is 11.5 Å². The first-order valence-electron chi connectivity index (χ1n) is 9.34. The van der Waals surface area contributed by atoms with E-state index in [1.54, 1.807) is 37.3 Å². The lowest BCUT2D eigenvalue weighted by Gasteiger charge is -2.07. The molecule has 0 radical (unpaired) electrons. The number of carbonyl (C=O) groups is 1. The Kier molecular flexibility index (Phi) is 7.54. The minimum absolute atomic E-state index is 0.00897. The summed E-state index contributed by atoms with van der Waals surface area (Å²) < 4.78 is 10.5. The molecule has 1 aliphatic rings. The smallest absolute Gasteiger partial charge is 0.344 e. The van der Waals surface area contributed by atoms with Crippen molar-refractivity contribution in [1.82, 2.24) is 0 Å². The Hall–Kier alpha value is -2.61. The number of ether oxygens (including phenoxy) is 2. The van der Waals surface area contributed by atoms with Crippen molar-refractivity contribution >= 4 is 57.7 Å². The van der Waals surface area contributed by atoms with Crippen molar-refractivity contribution in [2.75, 3.05) is 13.2 Å². The molecule has 3 rings (SSSR count). The molecule has 0 atom stereocenters. The molecule has 0 bridgehead atoms. The third-order valence-electron chi connectivity index (χ3n) is 4.08. The van der Waals surface area contributed by atoms with Gasteiger partial charge in [0.1, 0.15) is 16.4 Å². The standard InChI is InChI=1S/C22H19Cl2NO5S/c1-3-29-17-9-12(5-8-16(17)26)10-18-20(27)19(22(28)30-4-2)21(31-18)25-15-7-6-13(23)11-14(15)24/h5-11,26-27H,3-4H2,1-2H3/b18-10-,25-21?. The summed E-state index contributed by atoms with van der Waals surface area (Å²) in [6.45, 7) is 4.01. The highest BCUT2D eigenvalue weighted by Gasteiger charge is 2.33. The van der Waals surface area contributed by atoms with E-state index >= 15 is 0 Å². The van der Waals surface area contributed by atoms with E-state index in [-0.39, 0.29) is 28.7 Å². The van der Waals surface area contributed by atoms with Crippen LogP contribution in [0.1, 0.15) is 19.4 Å². The molecule has 162 valence electrons. The monoisotopic (exact) mass is 479 g/mol. The van der Waals surface area contributed by atoms with E-state index in [0.29, 0.717) is 38.6 Å². The molecule has 0 fully saturated rings. The Morgan fingerprint density at radius 3 is 2.58 bits per heavy atom. The van der Waals surface area contributed by atoms with Crippen LogP contribution in [0.4, 0.5) is 5.69 Å². The average molecular weight is 480 g/mol. The Balaban J connectivity index is 2.05. The van der Waals surface area contributed by atoms with Gasteiger partial charge in [0, 0.05) is 5.02 Å². The van der Waals surface area contributed by atoms with Crippen molar-refractivity contribution in [2.45, 2.75) is 13.8 Å². The normalized spacial score (nSPS) is 16.3. The number of aliphatic imine (C=N–C) groups is 1. The highest BCUT2D eigenvalue weighted by Crippen LogP contribution is 2.42. The summed E-state index contributed by atoms with van der Waals surface area (Å²) in [6.07, 6.45) is 1.66. The lowest BCUT2D eigenvalue weighted by molar-refractivity contribution is -0.138. The third-order valence-corrected chi connectivity index (χ3v) is 5.64. The second-order valence-corrected chi connectivity index (χ2v) is 8.10. The predicted molar refractivity (Wildman–Crippen MR) is 125 cm³/mol. The van der Waals surface area contributed by atoms with Crippen LogP contribution >= 0.6 is 35.0 Å². The maximum atomic E-state index is 12.5. The lowest BCUT2D eigenvalue weighted by atomic mass is 10.1. The van der Waals surface area contributed by atoms with Crippen LogP contribution < -0.4 is 4.74 Å². The second kappa shape index (κ2) is 10.1. The number of esters is 1. The van der Waals surface area contributed by atoms with Gasteiger partial charge in [-0.3, -0.25) is 0 Å². The molecule has 1 aliphatic heterocycles. The van der Waals surface area contributed by atoms with E-state index in [1.165, 1.54) is 12.1 Å². The van der Waals surface area contributed by atoms with Gasteiger partial charge < -0.3 is 19.7 Å². The number of thioether (sulfide) groups is 1. The van der Waals surface area contributed by atoms with Crippen molar-refractivity contribution in [3.8, 4) is 11.5 Å². The van der Waals surface area contributed by atoms with Crippen molar-refractivity contribution < 1.29 is 24.5 Å². The molecule has 0 saturated carbocycles. The molecule has 31 heavy (non-hydrogen) atoms. The van der Waals surface area contributed by atoms with Crippen LogP contribution in [0.15, 0.2) is 57.6 Å². The van der Waals surface area contributed by atoms with Crippen molar-refractivity contribution in [3.63, 3.8) is 0 Å². The summed E-state index contributed by atoms with van der Waals surface area (Å²) in [5.41, 5.74) is 1.00. The average Bonchev–Trinajstić information content (AvgIpc) is 3.02. The molecule has 0 aromatic heterocycles. The summed E-state index contributed by atoms with van der Waals surface area (Å²) in [5.74, 6) is -0.621. The topological polar surface area (TPSA) is 88.4 Å². The highest BCUT2D eigenvalue weighted by molar-refractivity contribution is 8.18. The molecule has 1 heterocycles. The lowest BCUT2D eigenvalue weighted by Crippen LogP contribution is -2.12. The summed E-state index contributed by atoms with van der Waals surface area (Å²) in [7, 11) is 0. The van der Waals surface area contributed by atoms with E-state index < -0.39 is 5.97 Å². The van der Waals surface area contributed by atoms with Crippen LogP contribution in [0.5, 0.6) is 11.5 Å². The number of aromatic hydroxyl groups is 1. The zero-order valence-corrected chi connectivity index (χ0v) is 19.0. The van der Waals surface area contributed by atoms with Crippen LogP contribution in [0.25, 0.3) is 6.08 Å². The molecule has 0 saturated heterocycles. The Bertz CT molecular complexity index is 1110.